The highest BCUT2D eigenvalue weighted by molar-refractivity contribution is 5.92. The van der Waals surface area contributed by atoms with Gasteiger partial charge in [-0.3, -0.25) is 0 Å². The van der Waals surface area contributed by atoms with Gasteiger partial charge in [-0.2, -0.15) is 4.68 Å². The minimum Gasteiger partial charge on any atom is -0.464 e. The second-order valence-corrected chi connectivity index (χ2v) is 4.14. The number of methoxy groups -OCH3 is 1. The predicted octanol–water partition coefficient (Wildman–Crippen LogP) is 0.702. The zero-order valence-corrected chi connectivity index (χ0v) is 11.0. The van der Waals surface area contributed by atoms with Crippen LogP contribution in [0.5, 0.6) is 0 Å². The molecule has 7 heteroatoms. The van der Waals surface area contributed by atoms with Crippen molar-refractivity contribution in [1.29, 1.82) is 0 Å². The normalized spacial score (nSPS) is 10.3. The minimum atomic E-state index is -0.603. The number of nitrogens with two attached hydrogens (primary N) is 1. The molecule has 19 heavy (non-hydrogen) atoms. The number of hydrogen-bond donors (Lipinski definition) is 1. The Hall–Kier alpha value is -2.57. The molecule has 0 radical (unpaired) electrons. The Morgan fingerprint density at radius 2 is 1.95 bits per heavy atom. The van der Waals surface area contributed by atoms with Gasteiger partial charge in [-0.15, -0.1) is 5.10 Å². The summed E-state index contributed by atoms with van der Waals surface area (Å²) in [6.07, 6.45) is 0. The van der Waals surface area contributed by atoms with Crippen molar-refractivity contribution in [1.82, 2.24) is 15.0 Å². The van der Waals surface area contributed by atoms with Gasteiger partial charge in [0.15, 0.2) is 5.82 Å². The quantitative estimate of drug-likeness (QED) is 0.818. The third kappa shape index (κ3) is 2.35. The fraction of sp³-hybridized carbons (Fsp3) is 0.250. The van der Waals surface area contributed by atoms with Crippen molar-refractivity contribution in [3.63, 3.8) is 0 Å². The van der Waals surface area contributed by atoms with Crippen molar-refractivity contribution >= 4 is 17.5 Å². The second-order valence-electron chi connectivity index (χ2n) is 4.14. The summed E-state index contributed by atoms with van der Waals surface area (Å²) in [4.78, 5) is 13.4. The molecule has 0 aliphatic carbocycles. The van der Waals surface area contributed by atoms with E-state index in [-0.39, 0.29) is 11.5 Å². The minimum absolute atomic E-state index is 0.0131. The standard InChI is InChI=1S/C12H15N5O2/c1-16(2)8-4-6-9(7-5-8)17-11(13)10(14-15-17)12(18)19-3/h4-7H,13H2,1-3H3. The highest BCUT2D eigenvalue weighted by Crippen LogP contribution is 2.18. The van der Waals surface area contributed by atoms with Crippen LogP contribution in [0.25, 0.3) is 5.69 Å². The number of carbonyl (C=O) groups is 1. The summed E-state index contributed by atoms with van der Waals surface area (Å²) in [5, 5.41) is 7.58. The molecule has 2 rings (SSSR count). The molecule has 1 aromatic carbocycles. The maximum absolute atomic E-state index is 11.4. The number of rotatable bonds is 3. The van der Waals surface area contributed by atoms with E-state index in [1.54, 1.807) is 0 Å². The second kappa shape index (κ2) is 4.97. The number of hydrogen-bond acceptors (Lipinski definition) is 6. The Bertz CT molecular complexity index is 589. The molecule has 0 bridgehead atoms. The highest BCUT2D eigenvalue weighted by Gasteiger charge is 2.18. The van der Waals surface area contributed by atoms with Crippen molar-refractivity contribution in [3.8, 4) is 5.69 Å². The Kier molecular flexibility index (Phi) is 3.37. The van der Waals surface area contributed by atoms with Gasteiger partial charge in [0.2, 0.25) is 5.69 Å². The molecule has 2 aromatic rings. The monoisotopic (exact) mass is 261 g/mol. The van der Waals surface area contributed by atoms with Gasteiger partial charge in [0, 0.05) is 19.8 Å². The van der Waals surface area contributed by atoms with Crippen molar-refractivity contribution in [2.75, 3.05) is 31.8 Å². The third-order valence-electron chi connectivity index (χ3n) is 2.69. The number of aromatic nitrogens is 3. The summed E-state index contributed by atoms with van der Waals surface area (Å²) in [5.41, 5.74) is 7.63. The molecule has 0 atom stereocenters. The summed E-state index contributed by atoms with van der Waals surface area (Å²) in [6.45, 7) is 0. The first-order chi connectivity index (χ1) is 9.04. The van der Waals surface area contributed by atoms with Gasteiger partial charge >= 0.3 is 5.97 Å². The summed E-state index contributed by atoms with van der Waals surface area (Å²) >= 11 is 0. The Morgan fingerprint density at radius 1 is 1.32 bits per heavy atom. The maximum atomic E-state index is 11.4. The lowest BCUT2D eigenvalue weighted by molar-refractivity contribution is 0.0595. The number of benzene rings is 1. The van der Waals surface area contributed by atoms with Crippen molar-refractivity contribution < 1.29 is 9.53 Å². The lowest BCUT2D eigenvalue weighted by atomic mass is 10.2. The lowest BCUT2D eigenvalue weighted by Crippen LogP contribution is -2.09. The van der Waals surface area contributed by atoms with Crippen molar-refractivity contribution in [2.45, 2.75) is 0 Å². The first-order valence-corrected chi connectivity index (χ1v) is 5.62. The van der Waals surface area contributed by atoms with Crippen LogP contribution in [0.2, 0.25) is 0 Å². The Morgan fingerprint density at radius 3 is 2.47 bits per heavy atom. The van der Waals surface area contributed by atoms with E-state index < -0.39 is 5.97 Å². The summed E-state index contributed by atoms with van der Waals surface area (Å²) in [5.74, 6) is -0.446. The fourth-order valence-corrected chi connectivity index (χ4v) is 1.61. The summed E-state index contributed by atoms with van der Waals surface area (Å²) in [7, 11) is 5.18. The van der Waals surface area contributed by atoms with Gasteiger partial charge in [-0.1, -0.05) is 5.21 Å². The van der Waals surface area contributed by atoms with Crippen LogP contribution in [0.4, 0.5) is 11.5 Å². The molecule has 0 aliphatic rings. The average molecular weight is 261 g/mol. The van der Waals surface area contributed by atoms with Crippen LogP contribution in [0.1, 0.15) is 10.5 Å². The van der Waals surface area contributed by atoms with E-state index in [4.69, 9.17) is 5.73 Å². The van der Waals surface area contributed by atoms with Gasteiger partial charge in [0.1, 0.15) is 0 Å². The zero-order chi connectivity index (χ0) is 14.0. The molecule has 2 N–H and O–H groups in total. The molecule has 1 aromatic heterocycles. The average Bonchev–Trinajstić information content (AvgIpc) is 2.80. The topological polar surface area (TPSA) is 86.3 Å². The van der Waals surface area contributed by atoms with E-state index >= 15 is 0 Å². The number of nitrogen functional groups attached to an aromatic ring is 1. The van der Waals surface area contributed by atoms with E-state index in [0.29, 0.717) is 0 Å². The van der Waals surface area contributed by atoms with Crippen LogP contribution in [0, 0.1) is 0 Å². The van der Waals surface area contributed by atoms with Gasteiger partial charge < -0.3 is 15.4 Å². The van der Waals surface area contributed by atoms with Gasteiger partial charge in [-0.05, 0) is 24.3 Å². The number of nitrogens with zero attached hydrogens (tertiary/aromatic N) is 4. The van der Waals surface area contributed by atoms with Crippen LogP contribution in [0.15, 0.2) is 24.3 Å². The van der Waals surface area contributed by atoms with E-state index in [1.807, 2.05) is 43.3 Å². The molecule has 0 spiro atoms. The van der Waals surface area contributed by atoms with Gasteiger partial charge in [0.25, 0.3) is 0 Å². The van der Waals surface area contributed by atoms with Crippen LogP contribution < -0.4 is 10.6 Å². The molecule has 0 saturated carbocycles. The van der Waals surface area contributed by atoms with Crippen molar-refractivity contribution in [2.24, 2.45) is 0 Å². The van der Waals surface area contributed by atoms with Gasteiger partial charge in [0.05, 0.1) is 12.8 Å². The molecule has 100 valence electrons. The smallest absolute Gasteiger partial charge is 0.362 e. The van der Waals surface area contributed by atoms with Crippen LogP contribution in [0.3, 0.4) is 0 Å². The number of esters is 1. The molecule has 0 fully saturated rings. The zero-order valence-electron chi connectivity index (χ0n) is 11.0. The van der Waals surface area contributed by atoms with E-state index in [9.17, 15) is 4.79 Å². The first-order valence-electron chi connectivity index (χ1n) is 5.62. The van der Waals surface area contributed by atoms with E-state index in [2.05, 4.69) is 15.0 Å². The number of carbonyl (C=O) groups excluding carboxylic acids is 1. The fourth-order valence-electron chi connectivity index (χ4n) is 1.61. The van der Waals surface area contributed by atoms with Crippen LogP contribution >= 0.6 is 0 Å². The lowest BCUT2D eigenvalue weighted by Gasteiger charge is -2.12. The molecule has 0 saturated heterocycles. The molecule has 7 nitrogen and oxygen atoms in total. The van der Waals surface area contributed by atoms with Crippen LogP contribution in [-0.4, -0.2) is 42.2 Å². The summed E-state index contributed by atoms with van der Waals surface area (Å²) < 4.78 is 5.97. The molecule has 1 heterocycles. The maximum Gasteiger partial charge on any atom is 0.362 e. The Labute approximate surface area is 110 Å². The molecule has 0 amide bonds. The first kappa shape index (κ1) is 12.9. The third-order valence-corrected chi connectivity index (χ3v) is 2.69. The molecular weight excluding hydrogens is 246 g/mol. The molecule has 0 unspecified atom stereocenters. The number of anilines is 2. The summed E-state index contributed by atoms with van der Waals surface area (Å²) in [6, 6.07) is 7.55. The highest BCUT2D eigenvalue weighted by atomic mass is 16.5. The van der Waals surface area contributed by atoms with Crippen LogP contribution in [-0.2, 0) is 4.74 Å². The van der Waals surface area contributed by atoms with E-state index in [1.165, 1.54) is 11.8 Å². The van der Waals surface area contributed by atoms with Gasteiger partial charge in [-0.25, -0.2) is 4.79 Å². The molecule has 0 aliphatic heterocycles. The number of ether oxygens (including phenoxy) is 1. The predicted molar refractivity (Wildman–Crippen MR) is 71.4 cm³/mol. The molecular formula is C12H15N5O2. The Balaban J connectivity index is 2.37. The van der Waals surface area contributed by atoms with E-state index in [0.717, 1.165) is 11.4 Å². The largest absolute Gasteiger partial charge is 0.464 e. The SMILES string of the molecule is COC(=O)c1nnn(-c2ccc(N(C)C)cc2)c1N. The van der Waals surface area contributed by atoms with Crippen molar-refractivity contribution in [3.05, 3.63) is 30.0 Å².